The Morgan fingerprint density at radius 3 is 2.53 bits per heavy atom. The molecule has 15 heavy (non-hydrogen) atoms. The fraction of sp³-hybridized carbons (Fsp3) is 0.750. The van der Waals surface area contributed by atoms with Gasteiger partial charge >= 0.3 is 5.97 Å². The third-order valence-corrected chi connectivity index (χ3v) is 1.95. The zero-order valence-electron chi connectivity index (χ0n) is 10.0. The van der Waals surface area contributed by atoms with Crippen LogP contribution in [0.4, 0.5) is 0 Å². The number of ether oxygens (including phenoxy) is 2. The molecule has 0 fully saturated rings. The lowest BCUT2D eigenvalue weighted by Crippen LogP contribution is -2.12. The number of carbonyl (C=O) groups is 1. The summed E-state index contributed by atoms with van der Waals surface area (Å²) in [4.78, 5) is 11.5. The van der Waals surface area contributed by atoms with Gasteiger partial charge in [0.15, 0.2) is 0 Å². The molecule has 0 rings (SSSR count). The molecule has 0 radical (unpaired) electrons. The molecule has 3 heteroatoms. The van der Waals surface area contributed by atoms with E-state index in [1.54, 1.807) is 7.11 Å². The molecule has 3 nitrogen and oxygen atoms in total. The molecule has 0 saturated carbocycles. The number of allylic oxidation sites excluding steroid dienone is 1. The number of esters is 1. The number of unbranched alkanes of at least 4 members (excludes halogenated alkanes) is 2. The van der Waals surface area contributed by atoms with Gasteiger partial charge in [0, 0.05) is 7.11 Å². The first-order chi connectivity index (χ1) is 7.26. The van der Waals surface area contributed by atoms with Gasteiger partial charge in [-0.1, -0.05) is 32.8 Å². The van der Waals surface area contributed by atoms with Crippen molar-refractivity contribution in [2.24, 2.45) is 0 Å². The van der Waals surface area contributed by atoms with Crippen LogP contribution < -0.4 is 0 Å². The summed E-state index contributed by atoms with van der Waals surface area (Å²) in [6.45, 7) is 4.92. The monoisotopic (exact) mass is 214 g/mol. The Hall–Kier alpha value is -0.830. The van der Waals surface area contributed by atoms with Crippen molar-refractivity contribution in [1.82, 2.24) is 0 Å². The van der Waals surface area contributed by atoms with Gasteiger partial charge in [0.1, 0.15) is 0 Å². The molecular weight excluding hydrogens is 192 g/mol. The molecule has 0 amide bonds. The van der Waals surface area contributed by atoms with Crippen molar-refractivity contribution in [3.63, 3.8) is 0 Å². The second-order valence-electron chi connectivity index (χ2n) is 3.44. The average molecular weight is 214 g/mol. The molecule has 0 bridgehead atoms. The van der Waals surface area contributed by atoms with Crippen molar-refractivity contribution in [2.45, 2.75) is 39.5 Å². The van der Waals surface area contributed by atoms with Crippen LogP contribution >= 0.6 is 0 Å². The largest absolute Gasteiger partial charge is 0.462 e. The summed E-state index contributed by atoms with van der Waals surface area (Å²) in [5, 5.41) is 0. The molecule has 0 aromatic heterocycles. The van der Waals surface area contributed by atoms with Crippen molar-refractivity contribution in [1.29, 1.82) is 0 Å². The summed E-state index contributed by atoms with van der Waals surface area (Å²) in [5.74, 6) is -0.241. The van der Waals surface area contributed by atoms with E-state index in [1.165, 1.54) is 0 Å². The Labute approximate surface area is 92.5 Å². The van der Waals surface area contributed by atoms with E-state index in [4.69, 9.17) is 9.47 Å². The molecule has 0 aromatic carbocycles. The lowest BCUT2D eigenvalue weighted by molar-refractivity contribution is -0.139. The lowest BCUT2D eigenvalue weighted by atomic mass is 10.2. The molecule has 0 atom stereocenters. The standard InChI is InChI=1S/C12H22O3/c1-4-6-7-8-11(10-14-3)12(13)15-9-5-2/h8H,4-7,9-10H2,1-3H3. The number of hydrogen-bond acceptors (Lipinski definition) is 3. The smallest absolute Gasteiger partial charge is 0.336 e. The van der Waals surface area contributed by atoms with Crippen LogP contribution in [0.1, 0.15) is 39.5 Å². The number of carbonyl (C=O) groups excluding carboxylic acids is 1. The minimum Gasteiger partial charge on any atom is -0.462 e. The SMILES string of the molecule is CCCCC=C(COC)C(=O)OCCC. The summed E-state index contributed by atoms with van der Waals surface area (Å²) < 4.78 is 10.0. The highest BCUT2D eigenvalue weighted by molar-refractivity contribution is 5.88. The Bertz CT molecular complexity index is 197. The van der Waals surface area contributed by atoms with Gasteiger partial charge < -0.3 is 9.47 Å². The van der Waals surface area contributed by atoms with Crippen LogP contribution in [0.5, 0.6) is 0 Å². The molecule has 0 N–H and O–H groups in total. The Morgan fingerprint density at radius 1 is 1.27 bits per heavy atom. The minimum absolute atomic E-state index is 0.241. The topological polar surface area (TPSA) is 35.5 Å². The van der Waals surface area contributed by atoms with Crippen LogP contribution in [0.2, 0.25) is 0 Å². The molecule has 0 saturated heterocycles. The van der Waals surface area contributed by atoms with Crippen LogP contribution in [0, 0.1) is 0 Å². The molecule has 0 spiro atoms. The maximum Gasteiger partial charge on any atom is 0.336 e. The molecule has 88 valence electrons. The van der Waals surface area contributed by atoms with Gasteiger partial charge in [-0.25, -0.2) is 4.79 Å². The van der Waals surface area contributed by atoms with Crippen molar-refractivity contribution < 1.29 is 14.3 Å². The summed E-state index contributed by atoms with van der Waals surface area (Å²) >= 11 is 0. The molecular formula is C12H22O3. The Balaban J connectivity index is 4.10. The number of hydrogen-bond donors (Lipinski definition) is 0. The first kappa shape index (κ1) is 14.2. The highest BCUT2D eigenvalue weighted by atomic mass is 16.5. The maximum absolute atomic E-state index is 11.5. The predicted octanol–water partition coefficient (Wildman–Crippen LogP) is 2.70. The van der Waals surface area contributed by atoms with E-state index in [-0.39, 0.29) is 5.97 Å². The summed E-state index contributed by atoms with van der Waals surface area (Å²) in [6.07, 6.45) is 5.90. The Morgan fingerprint density at radius 2 is 2.00 bits per heavy atom. The van der Waals surface area contributed by atoms with Gasteiger partial charge in [0.2, 0.25) is 0 Å². The van der Waals surface area contributed by atoms with Gasteiger partial charge in [-0.05, 0) is 12.8 Å². The van der Waals surface area contributed by atoms with E-state index < -0.39 is 0 Å². The zero-order valence-corrected chi connectivity index (χ0v) is 10.0. The van der Waals surface area contributed by atoms with E-state index in [0.717, 1.165) is 25.7 Å². The normalized spacial score (nSPS) is 11.5. The highest BCUT2D eigenvalue weighted by Crippen LogP contribution is 2.04. The first-order valence-electron chi connectivity index (χ1n) is 5.61. The van der Waals surface area contributed by atoms with Gasteiger partial charge in [0.25, 0.3) is 0 Å². The predicted molar refractivity (Wildman–Crippen MR) is 60.7 cm³/mol. The van der Waals surface area contributed by atoms with Gasteiger partial charge in [-0.2, -0.15) is 0 Å². The van der Waals surface area contributed by atoms with Gasteiger partial charge in [-0.3, -0.25) is 0 Å². The summed E-state index contributed by atoms with van der Waals surface area (Å²) in [5.41, 5.74) is 0.638. The van der Waals surface area contributed by atoms with Crippen LogP contribution in [-0.4, -0.2) is 26.3 Å². The third kappa shape index (κ3) is 7.14. The van der Waals surface area contributed by atoms with Crippen LogP contribution in [-0.2, 0) is 14.3 Å². The van der Waals surface area contributed by atoms with E-state index in [0.29, 0.717) is 18.8 Å². The molecule has 0 aliphatic rings. The van der Waals surface area contributed by atoms with E-state index >= 15 is 0 Å². The fourth-order valence-electron chi connectivity index (χ4n) is 1.12. The van der Waals surface area contributed by atoms with Crippen molar-refractivity contribution in [3.8, 4) is 0 Å². The Kier molecular flexibility index (Phi) is 9.18. The average Bonchev–Trinajstić information content (AvgIpc) is 2.25. The number of rotatable bonds is 8. The molecule has 0 aromatic rings. The summed E-state index contributed by atoms with van der Waals surface area (Å²) in [7, 11) is 1.58. The molecule has 0 heterocycles. The second-order valence-corrected chi connectivity index (χ2v) is 3.44. The maximum atomic E-state index is 11.5. The third-order valence-electron chi connectivity index (χ3n) is 1.95. The van der Waals surface area contributed by atoms with Gasteiger partial charge in [-0.15, -0.1) is 0 Å². The minimum atomic E-state index is -0.241. The van der Waals surface area contributed by atoms with E-state index in [9.17, 15) is 4.79 Å². The highest BCUT2D eigenvalue weighted by Gasteiger charge is 2.09. The molecule has 0 aliphatic heterocycles. The number of methoxy groups -OCH3 is 1. The van der Waals surface area contributed by atoms with Crippen LogP contribution in [0.15, 0.2) is 11.6 Å². The molecule has 0 unspecified atom stereocenters. The van der Waals surface area contributed by atoms with Crippen LogP contribution in [0.25, 0.3) is 0 Å². The van der Waals surface area contributed by atoms with Gasteiger partial charge in [0.05, 0.1) is 18.8 Å². The first-order valence-corrected chi connectivity index (χ1v) is 5.61. The van der Waals surface area contributed by atoms with E-state index in [1.807, 2.05) is 13.0 Å². The van der Waals surface area contributed by atoms with Crippen molar-refractivity contribution >= 4 is 5.97 Å². The zero-order chi connectivity index (χ0) is 11.5. The lowest BCUT2D eigenvalue weighted by Gasteiger charge is -2.06. The van der Waals surface area contributed by atoms with Crippen molar-refractivity contribution in [2.75, 3.05) is 20.3 Å². The molecule has 0 aliphatic carbocycles. The quantitative estimate of drug-likeness (QED) is 0.354. The van der Waals surface area contributed by atoms with Crippen LogP contribution in [0.3, 0.4) is 0 Å². The summed E-state index contributed by atoms with van der Waals surface area (Å²) in [6, 6.07) is 0. The second kappa shape index (κ2) is 9.71. The fourth-order valence-corrected chi connectivity index (χ4v) is 1.12. The van der Waals surface area contributed by atoms with E-state index in [2.05, 4.69) is 6.92 Å². The van der Waals surface area contributed by atoms with Crippen molar-refractivity contribution in [3.05, 3.63) is 11.6 Å².